The second kappa shape index (κ2) is 1.39. The zero-order chi connectivity index (χ0) is 7.23. The molecule has 0 saturated heterocycles. The van der Waals surface area contributed by atoms with Crippen molar-refractivity contribution in [3.05, 3.63) is 0 Å². The highest BCUT2D eigenvalue weighted by atomic mass is 32.2. The number of Topliss-reactive ketones (excluding diaryl/α,β-unsaturated/α-hetero) is 2. The maximum Gasteiger partial charge on any atom is 0.283 e. The van der Waals surface area contributed by atoms with Crippen LogP contribution in [0.25, 0.3) is 0 Å². The predicted molar refractivity (Wildman–Crippen MR) is 25.4 cm³/mol. The van der Waals surface area contributed by atoms with Crippen molar-refractivity contribution in [2.24, 2.45) is 0 Å². The molecule has 9 heavy (non-hydrogen) atoms. The smallest absolute Gasteiger partial charge is 0.283 e. The van der Waals surface area contributed by atoms with E-state index in [1.54, 1.807) is 0 Å². The van der Waals surface area contributed by atoms with Gasteiger partial charge >= 0.3 is 0 Å². The number of hydrogen-bond acceptors (Lipinski definition) is 4. The Kier molecular flexibility index (Phi) is 0.987. The van der Waals surface area contributed by atoms with E-state index in [0.717, 1.165) is 0 Å². The molecule has 0 atom stereocenters. The molecule has 0 aromatic carbocycles. The fourth-order valence-corrected chi connectivity index (χ4v) is 1.14. The molecular weight excluding hydrogens is 148 g/mol. The normalized spacial score (nSPS) is 20.6. The summed E-state index contributed by atoms with van der Waals surface area (Å²) >= 11 is 0. The van der Waals surface area contributed by atoms with Gasteiger partial charge in [-0.25, -0.2) is 0 Å². The van der Waals surface area contributed by atoms with E-state index in [-0.39, 0.29) is 0 Å². The summed E-state index contributed by atoms with van der Waals surface area (Å²) in [6.07, 6.45) is 0. The minimum absolute atomic E-state index is 1.03. The van der Waals surface area contributed by atoms with Gasteiger partial charge in [0.15, 0.2) is 0 Å². The first-order chi connectivity index (χ1) is 3.94. The molecule has 1 aliphatic rings. The average molecular weight is 150 g/mol. The van der Waals surface area contributed by atoms with Crippen LogP contribution in [0, 0.1) is 0 Å². The van der Waals surface area contributed by atoms with Crippen LogP contribution in [0.1, 0.15) is 0 Å². The molecule has 1 rings (SSSR count). The molecular formula is C3H2O5S. The molecule has 5 nitrogen and oxygen atoms in total. The average Bonchev–Trinajstić information content (AvgIpc) is 2.11. The van der Waals surface area contributed by atoms with E-state index in [0.29, 0.717) is 0 Å². The van der Waals surface area contributed by atoms with Gasteiger partial charge in [-0.2, -0.15) is 8.42 Å². The zero-order valence-corrected chi connectivity index (χ0v) is 4.88. The Morgan fingerprint density at radius 1 is 1.22 bits per heavy atom. The van der Waals surface area contributed by atoms with Crippen LogP contribution in [-0.4, -0.2) is 29.8 Å². The van der Waals surface area contributed by atoms with E-state index in [9.17, 15) is 18.0 Å². The largest absolute Gasteiger partial charge is 0.289 e. The van der Waals surface area contributed by atoms with Crippen LogP contribution in [0.4, 0.5) is 0 Å². The quantitative estimate of drug-likeness (QED) is 0.276. The molecule has 0 aromatic heterocycles. The van der Waals surface area contributed by atoms with Crippen molar-refractivity contribution in [3.8, 4) is 0 Å². The Hall–Kier alpha value is -0.750. The first-order valence-corrected chi connectivity index (χ1v) is 3.49. The van der Waals surface area contributed by atoms with Gasteiger partial charge in [0, 0.05) is 0 Å². The maximum absolute atomic E-state index is 9.98. The van der Waals surface area contributed by atoms with Crippen molar-refractivity contribution in [1.29, 1.82) is 0 Å². The van der Waals surface area contributed by atoms with Crippen LogP contribution in [0.3, 0.4) is 0 Å². The molecule has 0 heterocycles. The minimum Gasteiger partial charge on any atom is -0.289 e. The molecule has 1 N–H and O–H groups in total. The van der Waals surface area contributed by atoms with Crippen molar-refractivity contribution >= 4 is 21.7 Å². The summed E-state index contributed by atoms with van der Waals surface area (Å²) in [6, 6.07) is 0. The standard InChI is InChI=1S/C3H2O5S/c4-1-2(5)3(1)9(6,7)8/h3H,(H,6,7,8). The summed E-state index contributed by atoms with van der Waals surface area (Å²) in [4.78, 5) is 20.0. The number of ketones is 2. The molecule has 50 valence electrons. The highest BCUT2D eigenvalue weighted by Crippen LogP contribution is 2.17. The van der Waals surface area contributed by atoms with Crippen molar-refractivity contribution < 1.29 is 22.6 Å². The van der Waals surface area contributed by atoms with Crippen LogP contribution >= 0.6 is 0 Å². The Morgan fingerprint density at radius 2 is 1.56 bits per heavy atom. The van der Waals surface area contributed by atoms with E-state index in [1.165, 1.54) is 0 Å². The van der Waals surface area contributed by atoms with Gasteiger partial charge < -0.3 is 0 Å². The molecule has 0 radical (unpaired) electrons. The van der Waals surface area contributed by atoms with Gasteiger partial charge in [-0.05, 0) is 0 Å². The fourth-order valence-electron chi connectivity index (χ4n) is 0.436. The van der Waals surface area contributed by atoms with E-state index in [4.69, 9.17) is 4.55 Å². The molecule has 1 aliphatic carbocycles. The zero-order valence-electron chi connectivity index (χ0n) is 4.07. The second-order valence-electron chi connectivity index (χ2n) is 1.62. The highest BCUT2D eigenvalue weighted by Gasteiger charge is 2.57. The second-order valence-corrected chi connectivity index (χ2v) is 3.12. The topological polar surface area (TPSA) is 88.5 Å². The Morgan fingerprint density at radius 3 is 1.56 bits per heavy atom. The lowest BCUT2D eigenvalue weighted by Gasteiger charge is -1.79. The molecule has 0 unspecified atom stereocenters. The first kappa shape index (κ1) is 6.37. The van der Waals surface area contributed by atoms with Crippen LogP contribution in [0.2, 0.25) is 0 Å². The summed E-state index contributed by atoms with van der Waals surface area (Å²) in [5.41, 5.74) is 0. The highest BCUT2D eigenvalue weighted by molar-refractivity contribution is 7.89. The Bertz CT molecular complexity index is 259. The number of rotatable bonds is 1. The SMILES string of the molecule is O=C1C(=O)C1S(=O)(=O)O. The van der Waals surface area contributed by atoms with Crippen molar-refractivity contribution in [3.63, 3.8) is 0 Å². The summed E-state index contributed by atoms with van der Waals surface area (Å²) in [5.74, 6) is -2.06. The predicted octanol–water partition coefficient (Wildman–Crippen LogP) is -1.61. The fraction of sp³-hybridized carbons (Fsp3) is 0.333. The lowest BCUT2D eigenvalue weighted by Crippen LogP contribution is -2.07. The molecule has 1 saturated carbocycles. The lowest BCUT2D eigenvalue weighted by atomic mass is 10.9. The van der Waals surface area contributed by atoms with Gasteiger partial charge in [-0.15, -0.1) is 0 Å². The lowest BCUT2D eigenvalue weighted by molar-refractivity contribution is -0.122. The third-order valence-corrected chi connectivity index (χ3v) is 1.96. The third kappa shape index (κ3) is 0.859. The Labute approximate surface area is 50.4 Å². The number of hydrogen-bond donors (Lipinski definition) is 1. The third-order valence-electron chi connectivity index (χ3n) is 0.934. The van der Waals surface area contributed by atoms with E-state index in [1.807, 2.05) is 0 Å². The van der Waals surface area contributed by atoms with E-state index >= 15 is 0 Å². The molecule has 6 heteroatoms. The molecule has 0 aliphatic heterocycles. The molecule has 0 bridgehead atoms. The van der Waals surface area contributed by atoms with Gasteiger partial charge in [0.2, 0.25) is 16.8 Å². The summed E-state index contributed by atoms with van der Waals surface area (Å²) < 4.78 is 27.9. The number of carbonyl (C=O) groups is 2. The van der Waals surface area contributed by atoms with Crippen molar-refractivity contribution in [2.45, 2.75) is 5.25 Å². The van der Waals surface area contributed by atoms with Gasteiger partial charge in [0.1, 0.15) is 0 Å². The molecule has 0 amide bonds. The van der Waals surface area contributed by atoms with Gasteiger partial charge in [0.05, 0.1) is 0 Å². The molecule has 1 fully saturated rings. The van der Waals surface area contributed by atoms with Gasteiger partial charge in [-0.1, -0.05) is 0 Å². The van der Waals surface area contributed by atoms with Crippen LogP contribution in [0.5, 0.6) is 0 Å². The summed E-state index contributed by atoms with van der Waals surface area (Å²) in [7, 11) is -4.43. The Balaban J connectivity index is 2.97. The minimum atomic E-state index is -4.43. The van der Waals surface area contributed by atoms with Crippen LogP contribution < -0.4 is 0 Å². The summed E-state index contributed by atoms with van der Waals surface area (Å²) in [5, 5.41) is -1.77. The van der Waals surface area contributed by atoms with Crippen LogP contribution in [-0.2, 0) is 19.7 Å². The van der Waals surface area contributed by atoms with Gasteiger partial charge in [-0.3, -0.25) is 14.1 Å². The maximum atomic E-state index is 9.98. The van der Waals surface area contributed by atoms with Crippen molar-refractivity contribution in [1.82, 2.24) is 0 Å². The summed E-state index contributed by atoms with van der Waals surface area (Å²) in [6.45, 7) is 0. The number of carbonyl (C=O) groups excluding carboxylic acids is 2. The van der Waals surface area contributed by atoms with Gasteiger partial charge in [0.25, 0.3) is 10.1 Å². The van der Waals surface area contributed by atoms with E-state index in [2.05, 4.69) is 0 Å². The molecule has 0 aromatic rings. The van der Waals surface area contributed by atoms with E-state index < -0.39 is 26.9 Å². The first-order valence-electron chi connectivity index (χ1n) is 1.99. The van der Waals surface area contributed by atoms with Crippen molar-refractivity contribution in [2.75, 3.05) is 0 Å². The molecule has 0 spiro atoms. The monoisotopic (exact) mass is 150 g/mol. The van der Waals surface area contributed by atoms with Crippen LogP contribution in [0.15, 0.2) is 0 Å².